The van der Waals surface area contributed by atoms with Crippen LogP contribution in [0.15, 0.2) is 18.2 Å². The van der Waals surface area contributed by atoms with Crippen LogP contribution in [0.25, 0.3) is 0 Å². The minimum Gasteiger partial charge on any atom is -0.385 e. The maximum absolute atomic E-state index is 3.61. The predicted octanol–water partition coefficient (Wildman–Crippen LogP) is 4.15. The maximum atomic E-state index is 3.61. The van der Waals surface area contributed by atoms with Crippen molar-refractivity contribution in [2.24, 2.45) is 11.8 Å². The van der Waals surface area contributed by atoms with Crippen molar-refractivity contribution in [3.63, 3.8) is 0 Å². The van der Waals surface area contributed by atoms with Crippen LogP contribution in [-0.4, -0.2) is 6.54 Å². The van der Waals surface area contributed by atoms with E-state index < -0.39 is 0 Å². The minimum absolute atomic E-state index is 0.876. The lowest BCUT2D eigenvalue weighted by Gasteiger charge is -2.18. The Kier molecular flexibility index (Phi) is 3.52. The second-order valence-electron chi connectivity index (χ2n) is 5.37. The van der Waals surface area contributed by atoms with Crippen LogP contribution in [0.4, 0.5) is 5.69 Å². The highest BCUT2D eigenvalue weighted by atomic mass is 14.9. The molecule has 88 valence electrons. The molecule has 0 aliphatic heterocycles. The Bertz CT molecular complexity index is 356. The fourth-order valence-electron chi connectivity index (χ4n) is 2.78. The van der Waals surface area contributed by atoms with E-state index in [4.69, 9.17) is 0 Å². The number of nitrogens with one attached hydrogen (secondary N) is 1. The lowest BCUT2D eigenvalue weighted by Crippen LogP contribution is -2.16. The van der Waals surface area contributed by atoms with Crippen LogP contribution in [0.2, 0.25) is 0 Å². The summed E-state index contributed by atoms with van der Waals surface area (Å²) in [5.41, 5.74) is 4.02. The van der Waals surface area contributed by atoms with Gasteiger partial charge in [0.05, 0.1) is 0 Å². The number of hydrogen-bond donors (Lipinski definition) is 1. The molecule has 1 aliphatic carbocycles. The van der Waals surface area contributed by atoms with Gasteiger partial charge < -0.3 is 5.32 Å². The minimum atomic E-state index is 0.876. The summed E-state index contributed by atoms with van der Waals surface area (Å²) in [5, 5.41) is 3.61. The fourth-order valence-corrected chi connectivity index (χ4v) is 2.78. The molecular weight excluding hydrogens is 194 g/mol. The number of aryl methyl sites for hydroxylation is 2. The van der Waals surface area contributed by atoms with Crippen molar-refractivity contribution in [2.75, 3.05) is 11.9 Å². The smallest absolute Gasteiger partial charge is 0.0370 e. The average Bonchev–Trinajstić information content (AvgIpc) is 2.63. The Hall–Kier alpha value is -0.980. The molecule has 0 spiro atoms. The summed E-state index contributed by atoms with van der Waals surface area (Å²) in [6.45, 7) is 7.87. The molecule has 0 bridgehead atoms. The highest BCUT2D eigenvalue weighted by Crippen LogP contribution is 2.31. The molecule has 0 aromatic heterocycles. The third-order valence-corrected chi connectivity index (χ3v) is 3.98. The second kappa shape index (κ2) is 4.90. The van der Waals surface area contributed by atoms with Gasteiger partial charge in [0.1, 0.15) is 0 Å². The first kappa shape index (κ1) is 11.5. The van der Waals surface area contributed by atoms with Gasteiger partial charge in [0, 0.05) is 12.2 Å². The van der Waals surface area contributed by atoms with Crippen LogP contribution >= 0.6 is 0 Å². The van der Waals surface area contributed by atoms with E-state index >= 15 is 0 Å². The molecule has 1 aliphatic rings. The summed E-state index contributed by atoms with van der Waals surface area (Å²) in [6.07, 6.45) is 4.23. The predicted molar refractivity (Wildman–Crippen MR) is 70.9 cm³/mol. The van der Waals surface area contributed by atoms with E-state index in [1.165, 1.54) is 36.1 Å². The first-order chi connectivity index (χ1) is 7.66. The molecule has 1 heteroatoms. The largest absolute Gasteiger partial charge is 0.385 e. The van der Waals surface area contributed by atoms with Gasteiger partial charge in [-0.25, -0.2) is 0 Å². The quantitative estimate of drug-likeness (QED) is 0.802. The van der Waals surface area contributed by atoms with Gasteiger partial charge in [-0.15, -0.1) is 0 Å². The Labute approximate surface area is 99.3 Å². The third-order valence-electron chi connectivity index (χ3n) is 3.98. The van der Waals surface area contributed by atoms with Gasteiger partial charge >= 0.3 is 0 Å². The van der Waals surface area contributed by atoms with Gasteiger partial charge in [0.25, 0.3) is 0 Å². The lowest BCUT2D eigenvalue weighted by atomic mass is 9.98. The maximum Gasteiger partial charge on any atom is 0.0370 e. The normalized spacial score (nSPS) is 24.7. The van der Waals surface area contributed by atoms with Crippen LogP contribution in [0.5, 0.6) is 0 Å². The molecule has 1 aromatic carbocycles. The van der Waals surface area contributed by atoms with Crippen LogP contribution in [0.3, 0.4) is 0 Å². The summed E-state index contributed by atoms with van der Waals surface area (Å²) >= 11 is 0. The Morgan fingerprint density at radius 1 is 1.25 bits per heavy atom. The molecule has 0 saturated heterocycles. The molecular formula is C15H23N. The van der Waals surface area contributed by atoms with E-state index in [1.807, 2.05) is 0 Å². The van der Waals surface area contributed by atoms with E-state index in [-0.39, 0.29) is 0 Å². The third kappa shape index (κ3) is 2.58. The van der Waals surface area contributed by atoms with Crippen molar-refractivity contribution in [3.05, 3.63) is 29.3 Å². The van der Waals surface area contributed by atoms with E-state index in [9.17, 15) is 0 Å². The number of rotatable bonds is 3. The van der Waals surface area contributed by atoms with E-state index in [0.717, 1.165) is 18.4 Å². The molecule has 1 nitrogen and oxygen atoms in total. The molecule has 0 heterocycles. The van der Waals surface area contributed by atoms with Crippen LogP contribution in [0.1, 0.15) is 37.3 Å². The summed E-state index contributed by atoms with van der Waals surface area (Å²) in [6, 6.07) is 6.65. The summed E-state index contributed by atoms with van der Waals surface area (Å²) in [5.74, 6) is 1.78. The lowest BCUT2D eigenvalue weighted by molar-refractivity contribution is 0.439. The zero-order chi connectivity index (χ0) is 11.5. The molecule has 1 aromatic rings. The second-order valence-corrected chi connectivity index (χ2v) is 5.37. The highest BCUT2D eigenvalue weighted by Gasteiger charge is 2.22. The summed E-state index contributed by atoms with van der Waals surface area (Å²) in [4.78, 5) is 0. The number of hydrogen-bond acceptors (Lipinski definition) is 1. The molecule has 2 rings (SSSR count). The molecule has 1 saturated carbocycles. The van der Waals surface area contributed by atoms with Gasteiger partial charge in [-0.2, -0.15) is 0 Å². The molecule has 2 atom stereocenters. The Morgan fingerprint density at radius 2 is 2.06 bits per heavy atom. The molecule has 0 amide bonds. The van der Waals surface area contributed by atoms with Gasteiger partial charge in [0.15, 0.2) is 0 Å². The number of benzene rings is 1. The van der Waals surface area contributed by atoms with Crippen LogP contribution < -0.4 is 5.32 Å². The zero-order valence-corrected chi connectivity index (χ0v) is 10.7. The van der Waals surface area contributed by atoms with Crippen LogP contribution in [0, 0.1) is 25.7 Å². The molecule has 2 unspecified atom stereocenters. The van der Waals surface area contributed by atoms with Gasteiger partial charge in [-0.3, -0.25) is 0 Å². The molecule has 16 heavy (non-hydrogen) atoms. The SMILES string of the molecule is Cc1ccc(NCC2CCCC2C)c(C)c1. The summed E-state index contributed by atoms with van der Waals surface area (Å²) in [7, 11) is 0. The van der Waals surface area contributed by atoms with Gasteiger partial charge in [-0.05, 0) is 43.7 Å². The van der Waals surface area contributed by atoms with Crippen molar-refractivity contribution in [1.82, 2.24) is 0 Å². The van der Waals surface area contributed by atoms with Gasteiger partial charge in [-0.1, -0.05) is 37.5 Å². The van der Waals surface area contributed by atoms with Crippen molar-refractivity contribution in [1.29, 1.82) is 0 Å². The molecule has 0 radical (unpaired) electrons. The first-order valence-electron chi connectivity index (χ1n) is 6.48. The standard InChI is InChI=1S/C15H23N/c1-11-7-8-15(13(3)9-11)16-10-14-6-4-5-12(14)2/h7-9,12,14,16H,4-6,10H2,1-3H3. The Balaban J connectivity index is 1.94. The van der Waals surface area contributed by atoms with Gasteiger partial charge in [0.2, 0.25) is 0 Å². The monoisotopic (exact) mass is 217 g/mol. The zero-order valence-electron chi connectivity index (χ0n) is 10.7. The molecule has 1 N–H and O–H groups in total. The van der Waals surface area contributed by atoms with Crippen molar-refractivity contribution in [3.8, 4) is 0 Å². The van der Waals surface area contributed by atoms with Crippen molar-refractivity contribution in [2.45, 2.75) is 40.0 Å². The average molecular weight is 217 g/mol. The van der Waals surface area contributed by atoms with E-state index in [2.05, 4.69) is 44.3 Å². The van der Waals surface area contributed by atoms with E-state index in [0.29, 0.717) is 0 Å². The Morgan fingerprint density at radius 3 is 2.69 bits per heavy atom. The summed E-state index contributed by atoms with van der Waals surface area (Å²) < 4.78 is 0. The number of anilines is 1. The molecule has 1 fully saturated rings. The highest BCUT2D eigenvalue weighted by molar-refractivity contribution is 5.51. The van der Waals surface area contributed by atoms with Crippen molar-refractivity contribution >= 4 is 5.69 Å². The first-order valence-corrected chi connectivity index (χ1v) is 6.48. The van der Waals surface area contributed by atoms with E-state index in [1.54, 1.807) is 0 Å². The van der Waals surface area contributed by atoms with Crippen LogP contribution in [-0.2, 0) is 0 Å². The van der Waals surface area contributed by atoms with Crippen molar-refractivity contribution < 1.29 is 0 Å². The topological polar surface area (TPSA) is 12.0 Å². The fraction of sp³-hybridized carbons (Fsp3) is 0.600.